The molecule has 0 unspecified atom stereocenters. The summed E-state index contributed by atoms with van der Waals surface area (Å²) in [6.45, 7) is 2.54. The third kappa shape index (κ3) is 2.92. The Morgan fingerprint density at radius 1 is 1.25 bits per heavy atom. The Hall–Kier alpha value is -1.97. The topological polar surface area (TPSA) is 80.6 Å². The summed E-state index contributed by atoms with van der Waals surface area (Å²) >= 11 is 4.50. The first kappa shape index (κ1) is 18.1. The van der Waals surface area contributed by atoms with E-state index in [4.69, 9.17) is 4.98 Å². The van der Waals surface area contributed by atoms with Crippen molar-refractivity contribution in [3.8, 4) is 0 Å². The number of hydrogen-bond donors (Lipinski definition) is 1. The highest BCUT2D eigenvalue weighted by Crippen LogP contribution is 2.35. The first-order valence-electron chi connectivity index (χ1n) is 9.30. The summed E-state index contributed by atoms with van der Waals surface area (Å²) in [4.78, 5) is 39.7. The molecule has 0 saturated heterocycles. The maximum atomic E-state index is 13.2. The third-order valence-electron chi connectivity index (χ3n) is 5.06. The minimum atomic E-state index is -0.113. The largest absolute Gasteiger partial charge is 0.309 e. The van der Waals surface area contributed by atoms with Gasteiger partial charge in [0.2, 0.25) is 0 Å². The van der Waals surface area contributed by atoms with Gasteiger partial charge in [-0.25, -0.2) is 9.97 Å². The van der Waals surface area contributed by atoms with Gasteiger partial charge in [0.15, 0.2) is 5.16 Å². The normalized spacial score (nSPS) is 14.0. The Bertz CT molecular complexity index is 1310. The standard InChI is InChI=1S/C19H18N4O2S3/c1-2-23-18(25)14-10-5-3-4-6-12(10)28-17(14)22-19(23)27-9-13-20-11-7-8-26-15(11)16(24)21-13/h7-8H,2-6,9H2,1H3,(H,20,21,24). The number of aromatic amines is 1. The Balaban J connectivity index is 1.54. The number of nitrogens with one attached hydrogen (secondary N) is 1. The van der Waals surface area contributed by atoms with E-state index in [1.807, 2.05) is 18.4 Å². The number of nitrogens with zero attached hydrogens (tertiary/aromatic N) is 3. The molecule has 0 amide bonds. The van der Waals surface area contributed by atoms with E-state index < -0.39 is 0 Å². The van der Waals surface area contributed by atoms with Gasteiger partial charge in [-0.1, -0.05) is 11.8 Å². The highest BCUT2D eigenvalue weighted by molar-refractivity contribution is 7.98. The molecule has 0 atom stereocenters. The van der Waals surface area contributed by atoms with Crippen molar-refractivity contribution in [2.45, 2.75) is 50.1 Å². The second-order valence-corrected chi connectivity index (χ2v) is 9.71. The summed E-state index contributed by atoms with van der Waals surface area (Å²) in [5, 5.41) is 3.37. The van der Waals surface area contributed by atoms with E-state index >= 15 is 0 Å². The predicted molar refractivity (Wildman–Crippen MR) is 116 cm³/mol. The van der Waals surface area contributed by atoms with Gasteiger partial charge in [-0.2, -0.15) is 0 Å². The van der Waals surface area contributed by atoms with E-state index in [2.05, 4.69) is 9.97 Å². The van der Waals surface area contributed by atoms with Gasteiger partial charge in [-0.05, 0) is 49.6 Å². The van der Waals surface area contributed by atoms with Crippen molar-refractivity contribution in [3.63, 3.8) is 0 Å². The smallest absolute Gasteiger partial charge is 0.268 e. The number of rotatable bonds is 4. The predicted octanol–water partition coefficient (Wildman–Crippen LogP) is 3.95. The minimum absolute atomic E-state index is 0.0594. The van der Waals surface area contributed by atoms with Gasteiger partial charge in [0.1, 0.15) is 15.4 Å². The first-order chi connectivity index (χ1) is 13.7. The van der Waals surface area contributed by atoms with Crippen LogP contribution in [0.4, 0.5) is 0 Å². The van der Waals surface area contributed by atoms with Gasteiger partial charge < -0.3 is 4.98 Å². The second-order valence-electron chi connectivity index (χ2n) is 6.77. The Morgan fingerprint density at radius 2 is 2.11 bits per heavy atom. The fraction of sp³-hybridized carbons (Fsp3) is 0.368. The quantitative estimate of drug-likeness (QED) is 0.392. The van der Waals surface area contributed by atoms with Crippen LogP contribution in [-0.4, -0.2) is 19.5 Å². The highest BCUT2D eigenvalue weighted by atomic mass is 32.2. The van der Waals surface area contributed by atoms with Crippen LogP contribution in [0.2, 0.25) is 0 Å². The lowest BCUT2D eigenvalue weighted by Crippen LogP contribution is -2.23. The number of fused-ring (bicyclic) bond motifs is 4. The molecule has 5 rings (SSSR count). The zero-order chi connectivity index (χ0) is 19.3. The lowest BCUT2D eigenvalue weighted by molar-refractivity contribution is 0.633. The van der Waals surface area contributed by atoms with E-state index in [1.165, 1.54) is 40.0 Å². The van der Waals surface area contributed by atoms with Crippen molar-refractivity contribution < 1.29 is 0 Å². The van der Waals surface area contributed by atoms with Crippen molar-refractivity contribution in [2.75, 3.05) is 0 Å². The molecule has 0 aromatic carbocycles. The Labute approximate surface area is 172 Å². The molecule has 4 heterocycles. The molecule has 0 fully saturated rings. The number of aromatic nitrogens is 4. The summed E-state index contributed by atoms with van der Waals surface area (Å²) in [7, 11) is 0. The van der Waals surface area contributed by atoms with Crippen LogP contribution in [0.5, 0.6) is 0 Å². The monoisotopic (exact) mass is 430 g/mol. The van der Waals surface area contributed by atoms with Crippen molar-refractivity contribution in [2.24, 2.45) is 0 Å². The number of hydrogen-bond acceptors (Lipinski definition) is 7. The van der Waals surface area contributed by atoms with Crippen LogP contribution in [-0.2, 0) is 25.1 Å². The average Bonchev–Trinajstić information content (AvgIpc) is 3.30. The SMILES string of the molecule is CCn1c(SCc2nc3ccsc3c(=O)[nH]2)nc2sc3c(c2c1=O)CCCC3. The molecule has 0 radical (unpaired) electrons. The number of aryl methyl sites for hydroxylation is 2. The molecule has 4 aromatic rings. The van der Waals surface area contributed by atoms with Crippen LogP contribution in [0.3, 0.4) is 0 Å². The summed E-state index contributed by atoms with van der Waals surface area (Å²) in [6, 6.07) is 1.85. The van der Waals surface area contributed by atoms with Gasteiger partial charge in [0, 0.05) is 11.4 Å². The zero-order valence-corrected chi connectivity index (χ0v) is 17.7. The number of thioether (sulfide) groups is 1. The van der Waals surface area contributed by atoms with Gasteiger partial charge in [-0.15, -0.1) is 22.7 Å². The molecule has 6 nitrogen and oxygen atoms in total. The summed E-state index contributed by atoms with van der Waals surface area (Å²) in [5.74, 6) is 1.06. The third-order valence-corrected chi connectivity index (χ3v) is 8.13. The highest BCUT2D eigenvalue weighted by Gasteiger charge is 2.22. The fourth-order valence-corrected chi connectivity index (χ4v) is 6.69. The Kier molecular flexibility index (Phi) is 4.60. The molecule has 144 valence electrons. The van der Waals surface area contributed by atoms with Gasteiger partial charge in [0.05, 0.1) is 16.7 Å². The molecule has 4 aromatic heterocycles. The maximum Gasteiger partial charge on any atom is 0.268 e. The molecule has 28 heavy (non-hydrogen) atoms. The number of thiophene rings is 2. The van der Waals surface area contributed by atoms with Crippen molar-refractivity contribution in [1.82, 2.24) is 19.5 Å². The molecule has 0 bridgehead atoms. The first-order valence-corrected chi connectivity index (χ1v) is 12.0. The summed E-state index contributed by atoms with van der Waals surface area (Å²) < 4.78 is 2.39. The number of H-pyrrole nitrogens is 1. The molecule has 1 aliphatic rings. The summed E-state index contributed by atoms with van der Waals surface area (Å²) in [6.07, 6.45) is 4.36. The van der Waals surface area contributed by atoms with Crippen LogP contribution < -0.4 is 11.1 Å². The van der Waals surface area contributed by atoms with Crippen LogP contribution in [0.25, 0.3) is 20.4 Å². The van der Waals surface area contributed by atoms with Crippen molar-refractivity contribution in [1.29, 1.82) is 0 Å². The van der Waals surface area contributed by atoms with Crippen LogP contribution >= 0.6 is 34.4 Å². The van der Waals surface area contributed by atoms with Crippen LogP contribution in [0, 0.1) is 0 Å². The van der Waals surface area contributed by atoms with E-state index in [9.17, 15) is 9.59 Å². The molecule has 0 aliphatic heterocycles. The Morgan fingerprint density at radius 3 is 2.96 bits per heavy atom. The van der Waals surface area contributed by atoms with Crippen LogP contribution in [0.15, 0.2) is 26.2 Å². The van der Waals surface area contributed by atoms with E-state index in [0.717, 1.165) is 29.5 Å². The average molecular weight is 431 g/mol. The van der Waals surface area contributed by atoms with Crippen molar-refractivity contribution in [3.05, 3.63) is 48.4 Å². The lowest BCUT2D eigenvalue weighted by atomic mass is 9.97. The molecular formula is C19H18N4O2S3. The minimum Gasteiger partial charge on any atom is -0.309 e. The van der Waals surface area contributed by atoms with Crippen LogP contribution in [0.1, 0.15) is 36.0 Å². The summed E-state index contributed by atoms with van der Waals surface area (Å²) in [5.41, 5.74) is 1.88. The molecule has 0 saturated carbocycles. The molecule has 1 N–H and O–H groups in total. The molecule has 9 heteroatoms. The van der Waals surface area contributed by atoms with E-state index in [-0.39, 0.29) is 11.1 Å². The van der Waals surface area contributed by atoms with Crippen molar-refractivity contribution >= 4 is 54.9 Å². The molecule has 0 spiro atoms. The maximum absolute atomic E-state index is 13.2. The second kappa shape index (κ2) is 7.13. The molecular weight excluding hydrogens is 412 g/mol. The zero-order valence-electron chi connectivity index (χ0n) is 15.3. The van der Waals surface area contributed by atoms with Gasteiger partial charge >= 0.3 is 0 Å². The fourth-order valence-electron chi connectivity index (χ4n) is 3.73. The van der Waals surface area contributed by atoms with E-state index in [0.29, 0.717) is 33.5 Å². The lowest BCUT2D eigenvalue weighted by Gasteiger charge is -2.12. The molecule has 1 aliphatic carbocycles. The van der Waals surface area contributed by atoms with E-state index in [1.54, 1.807) is 15.9 Å². The van der Waals surface area contributed by atoms with Gasteiger partial charge in [0.25, 0.3) is 11.1 Å². The van der Waals surface area contributed by atoms with Gasteiger partial charge in [-0.3, -0.25) is 14.2 Å².